The lowest BCUT2D eigenvalue weighted by Gasteiger charge is -2.36. The van der Waals surface area contributed by atoms with E-state index in [2.05, 4.69) is 125 Å². The van der Waals surface area contributed by atoms with Crippen molar-refractivity contribution in [2.75, 3.05) is 0 Å². The van der Waals surface area contributed by atoms with Crippen LogP contribution in [0.25, 0.3) is 34.4 Å². The van der Waals surface area contributed by atoms with Gasteiger partial charge in [0, 0.05) is 0 Å². The van der Waals surface area contributed by atoms with Crippen molar-refractivity contribution < 1.29 is 0 Å². The van der Waals surface area contributed by atoms with E-state index in [0.717, 1.165) is 12.8 Å². The van der Waals surface area contributed by atoms with Crippen molar-refractivity contribution in [1.29, 1.82) is 0 Å². The summed E-state index contributed by atoms with van der Waals surface area (Å²) < 4.78 is 0. The number of unbranched alkanes of at least 4 members (excludes halogenated alkanes) is 6. The van der Waals surface area contributed by atoms with Gasteiger partial charge in [-0.2, -0.15) is 0 Å². The van der Waals surface area contributed by atoms with Crippen LogP contribution in [-0.4, -0.2) is 8.07 Å². The van der Waals surface area contributed by atoms with Crippen molar-refractivity contribution in [1.82, 2.24) is 0 Å². The fourth-order valence-electron chi connectivity index (χ4n) is 8.16. The van der Waals surface area contributed by atoms with Crippen molar-refractivity contribution in [3.05, 3.63) is 129 Å². The highest BCUT2D eigenvalue weighted by Gasteiger charge is 2.43. The van der Waals surface area contributed by atoms with E-state index < -0.39 is 8.07 Å². The Balaban J connectivity index is 1.46. The van der Waals surface area contributed by atoms with Gasteiger partial charge in [-0.15, -0.1) is 0 Å². The van der Waals surface area contributed by atoms with Crippen LogP contribution in [0, 0.1) is 13.8 Å². The molecule has 2 aliphatic rings. The largest absolute Gasteiger partial charge is 0.109 e. The molecular weight excluding hydrogens is 557 g/mol. The molecule has 0 N–H and O–H groups in total. The molecule has 0 nitrogen and oxygen atoms in total. The van der Waals surface area contributed by atoms with Gasteiger partial charge in [0.15, 0.2) is 0 Å². The zero-order chi connectivity index (χ0) is 31.2. The predicted molar refractivity (Wildman–Crippen MR) is 200 cm³/mol. The first-order valence-electron chi connectivity index (χ1n) is 17.8. The molecule has 0 amide bonds. The van der Waals surface area contributed by atoms with Gasteiger partial charge in [-0.3, -0.25) is 0 Å². The molecule has 0 aromatic heterocycles. The summed E-state index contributed by atoms with van der Waals surface area (Å²) >= 11 is 0. The van der Waals surface area contributed by atoms with E-state index in [1.165, 1.54) is 108 Å². The minimum absolute atomic E-state index is 1.14. The standard InChI is InChI=1S/C44H52Si/c1-5-7-9-11-25-45(26-12-10-8-6-2,39-29-37-21-15-23-41(43(37)31-39)35-19-13-17-33(3)27-35)40-30-38-22-16-24-42(44(38)32-40)36-20-14-18-34(4)28-36/h13-24,27-28,31-32H,5-12,25-26,29-30H2,1-4H3. The first kappa shape index (κ1) is 31.6. The maximum atomic E-state index is 2.71. The first-order chi connectivity index (χ1) is 22.0. The molecule has 1 heteroatoms. The third kappa shape index (κ3) is 6.75. The number of rotatable bonds is 14. The van der Waals surface area contributed by atoms with Crippen LogP contribution in [0.15, 0.2) is 95.3 Å². The average molecular weight is 609 g/mol. The lowest BCUT2D eigenvalue weighted by molar-refractivity contribution is 0.681. The topological polar surface area (TPSA) is 0 Å². The van der Waals surface area contributed by atoms with Crippen molar-refractivity contribution >= 4 is 20.2 Å². The highest BCUT2D eigenvalue weighted by atomic mass is 28.3. The van der Waals surface area contributed by atoms with E-state index in [1.54, 1.807) is 11.1 Å². The maximum Gasteiger partial charge on any atom is 0.109 e. The number of fused-ring (bicyclic) bond motifs is 2. The quantitative estimate of drug-likeness (QED) is 0.0986. The van der Waals surface area contributed by atoms with E-state index in [1.807, 2.05) is 10.4 Å². The highest BCUT2D eigenvalue weighted by molar-refractivity contribution is 6.94. The second-order valence-electron chi connectivity index (χ2n) is 13.9. The van der Waals surface area contributed by atoms with Crippen molar-refractivity contribution in [3.63, 3.8) is 0 Å². The fourth-order valence-corrected chi connectivity index (χ4v) is 13.7. The summed E-state index contributed by atoms with van der Waals surface area (Å²) in [5.74, 6) is 0. The number of allylic oxidation sites excluding steroid dienone is 2. The SMILES string of the molecule is CCCCCC[Si](CCCCCC)(C1=Cc2c(cccc2-c2cccc(C)c2)C1)C1=Cc2c(cccc2-c2cccc(C)c2)C1. The number of aryl methyl sites for hydroxylation is 2. The van der Waals surface area contributed by atoms with Gasteiger partial charge in [0.05, 0.1) is 0 Å². The van der Waals surface area contributed by atoms with Crippen LogP contribution in [0.4, 0.5) is 0 Å². The van der Waals surface area contributed by atoms with Crippen LogP contribution in [0.3, 0.4) is 0 Å². The van der Waals surface area contributed by atoms with Gasteiger partial charge in [-0.05, 0) is 83.3 Å². The minimum Gasteiger partial charge on any atom is -0.0709 e. The summed E-state index contributed by atoms with van der Waals surface area (Å²) in [5, 5.41) is 3.61. The Morgan fingerprint density at radius 3 is 1.38 bits per heavy atom. The molecule has 0 atom stereocenters. The van der Waals surface area contributed by atoms with Crippen LogP contribution < -0.4 is 0 Å². The molecule has 0 saturated carbocycles. The molecule has 0 radical (unpaired) electrons. The Kier molecular flexibility index (Phi) is 10.1. The number of hydrogen-bond donors (Lipinski definition) is 0. The summed E-state index contributed by atoms with van der Waals surface area (Å²) in [5.41, 5.74) is 14.3. The Hall–Kier alpha value is -3.42. The molecule has 0 saturated heterocycles. The molecular formula is C44H52Si. The summed E-state index contributed by atoms with van der Waals surface area (Å²) in [4.78, 5) is 0. The van der Waals surface area contributed by atoms with Gasteiger partial charge in [-0.25, -0.2) is 0 Å². The van der Waals surface area contributed by atoms with Crippen LogP contribution in [-0.2, 0) is 12.8 Å². The Bertz CT molecular complexity index is 1570. The van der Waals surface area contributed by atoms with E-state index in [-0.39, 0.29) is 0 Å². The monoisotopic (exact) mass is 608 g/mol. The molecule has 0 heterocycles. The molecule has 4 aromatic rings. The number of benzene rings is 4. The van der Waals surface area contributed by atoms with Crippen molar-refractivity contribution in [2.45, 2.75) is 104 Å². The molecule has 6 rings (SSSR count). The zero-order valence-corrected chi connectivity index (χ0v) is 29.2. The van der Waals surface area contributed by atoms with Crippen molar-refractivity contribution in [3.8, 4) is 22.3 Å². The van der Waals surface area contributed by atoms with Crippen LogP contribution >= 0.6 is 0 Å². The van der Waals surface area contributed by atoms with E-state index in [0.29, 0.717) is 0 Å². The van der Waals surface area contributed by atoms with Crippen LogP contribution in [0.5, 0.6) is 0 Å². The van der Waals surface area contributed by atoms with Gasteiger partial charge in [-0.1, -0.05) is 184 Å². The van der Waals surface area contributed by atoms with Gasteiger partial charge in [0.2, 0.25) is 0 Å². The van der Waals surface area contributed by atoms with E-state index >= 15 is 0 Å². The lowest BCUT2D eigenvalue weighted by Crippen LogP contribution is -2.40. The molecule has 45 heavy (non-hydrogen) atoms. The van der Waals surface area contributed by atoms with Gasteiger partial charge >= 0.3 is 0 Å². The Morgan fingerprint density at radius 1 is 0.511 bits per heavy atom. The van der Waals surface area contributed by atoms with Crippen molar-refractivity contribution in [2.24, 2.45) is 0 Å². The normalized spacial score (nSPS) is 13.9. The summed E-state index contributed by atoms with van der Waals surface area (Å²) in [7, 11) is -1.97. The number of hydrogen-bond acceptors (Lipinski definition) is 0. The molecule has 0 unspecified atom stereocenters. The summed E-state index contributed by atoms with van der Waals surface area (Å²) in [6, 6.07) is 35.2. The molecule has 0 aliphatic heterocycles. The van der Waals surface area contributed by atoms with Crippen LogP contribution in [0.1, 0.15) is 98.6 Å². The molecule has 0 bridgehead atoms. The van der Waals surface area contributed by atoms with Gasteiger partial charge in [0.1, 0.15) is 8.07 Å². The molecule has 0 fully saturated rings. The third-order valence-corrected chi connectivity index (χ3v) is 16.1. The average Bonchev–Trinajstić information content (AvgIpc) is 3.69. The predicted octanol–water partition coefficient (Wildman–Crippen LogP) is 12.9. The first-order valence-corrected chi connectivity index (χ1v) is 20.2. The summed E-state index contributed by atoms with van der Waals surface area (Å²) in [6.07, 6.45) is 18.5. The second kappa shape index (κ2) is 14.3. The Labute approximate surface area is 274 Å². The summed E-state index contributed by atoms with van der Waals surface area (Å²) in [6.45, 7) is 9.13. The molecule has 4 aromatic carbocycles. The molecule has 2 aliphatic carbocycles. The minimum atomic E-state index is -1.97. The van der Waals surface area contributed by atoms with E-state index in [4.69, 9.17) is 0 Å². The fraction of sp³-hybridized carbons (Fsp3) is 0.364. The second-order valence-corrected chi connectivity index (χ2v) is 18.3. The van der Waals surface area contributed by atoms with Gasteiger partial charge in [0.25, 0.3) is 0 Å². The lowest BCUT2D eigenvalue weighted by atomic mass is 9.96. The van der Waals surface area contributed by atoms with Crippen LogP contribution in [0.2, 0.25) is 12.1 Å². The smallest absolute Gasteiger partial charge is 0.0709 e. The highest BCUT2D eigenvalue weighted by Crippen LogP contribution is 2.48. The Morgan fingerprint density at radius 2 is 0.956 bits per heavy atom. The third-order valence-electron chi connectivity index (χ3n) is 10.6. The maximum absolute atomic E-state index is 2.71. The van der Waals surface area contributed by atoms with Gasteiger partial charge < -0.3 is 0 Å². The molecule has 0 spiro atoms. The zero-order valence-electron chi connectivity index (χ0n) is 28.2. The molecule has 232 valence electrons. The van der Waals surface area contributed by atoms with E-state index in [9.17, 15) is 0 Å².